The fourth-order valence-corrected chi connectivity index (χ4v) is 0. The maximum Gasteiger partial charge on any atom is 0.100 e. The molecule has 0 amide bonds. The minimum Gasteiger partial charge on any atom is -0.125 e. The molecule has 0 saturated carbocycles. The first-order valence-corrected chi connectivity index (χ1v) is 3.12. The van der Waals surface area contributed by atoms with E-state index in [0.717, 1.165) is 0 Å². The first-order valence-electron chi connectivity index (χ1n) is 1.04. The Morgan fingerprint density at radius 1 is 2.00 bits per heavy atom. The minimum absolute atomic E-state index is 0.699. The fraction of sp³-hybridized carbons (Fsp3) is 0.500. The van der Waals surface area contributed by atoms with Gasteiger partial charge in [0.25, 0.3) is 0 Å². The highest BCUT2D eigenvalue weighted by molar-refractivity contribution is 8.41. The zero-order valence-corrected chi connectivity index (χ0v) is 5.29. The van der Waals surface area contributed by atoms with E-state index in [9.17, 15) is 0 Å². The molecule has 0 radical (unpaired) electrons. The summed E-state index contributed by atoms with van der Waals surface area (Å²) in [6, 6.07) is 0. The van der Waals surface area contributed by atoms with Gasteiger partial charge in [0.2, 0.25) is 0 Å². The molecule has 0 aromatic rings. The number of rotatable bonds is 0. The number of hydrogen-bond donors (Lipinski definition) is 1. The summed E-state index contributed by atoms with van der Waals surface area (Å²) in [7, 11) is 0. The van der Waals surface area contributed by atoms with Crippen LogP contribution in [0.15, 0.2) is 0 Å². The molecule has 0 bridgehead atoms. The van der Waals surface area contributed by atoms with Crippen LogP contribution in [-0.2, 0) is 0 Å². The van der Waals surface area contributed by atoms with Crippen LogP contribution >= 0.6 is 36.6 Å². The summed E-state index contributed by atoms with van der Waals surface area (Å²) in [5.41, 5.74) is 0. The Hall–Kier alpha value is 0.790. The first-order chi connectivity index (χ1) is 2.27. The van der Waals surface area contributed by atoms with Gasteiger partial charge in [-0.25, -0.2) is 0 Å². The van der Waals surface area contributed by atoms with Crippen molar-refractivity contribution in [2.24, 2.45) is 0 Å². The molecule has 0 spiro atoms. The number of thioether (sulfide) groups is 1. The van der Waals surface area contributed by atoms with Crippen LogP contribution in [0.25, 0.3) is 0 Å². The third-order valence-corrected chi connectivity index (χ3v) is 1.57. The van der Waals surface area contributed by atoms with Crippen molar-refractivity contribution in [3.63, 3.8) is 0 Å². The minimum atomic E-state index is 0.699. The van der Waals surface area contributed by atoms with Crippen molar-refractivity contribution in [1.29, 1.82) is 0 Å². The average Bonchev–Trinajstić information content (AvgIpc) is 1.38. The van der Waals surface area contributed by atoms with E-state index >= 15 is 0 Å². The van der Waals surface area contributed by atoms with Crippen molar-refractivity contribution < 1.29 is 0 Å². The molecule has 0 atom stereocenters. The summed E-state index contributed by atoms with van der Waals surface area (Å²) in [4.78, 5) is 0. The Morgan fingerprint density at radius 2 is 2.20 bits per heavy atom. The summed E-state index contributed by atoms with van der Waals surface area (Å²) >= 11 is 9.79. The smallest absolute Gasteiger partial charge is 0.100 e. The molecule has 0 saturated heterocycles. The lowest BCUT2D eigenvalue weighted by molar-refractivity contribution is 2.54. The quantitative estimate of drug-likeness (QED) is 0.384. The van der Waals surface area contributed by atoms with Gasteiger partial charge >= 0.3 is 0 Å². The molecule has 0 aliphatic carbocycles. The van der Waals surface area contributed by atoms with E-state index in [2.05, 4.69) is 24.8 Å². The Morgan fingerprint density at radius 3 is 2.20 bits per heavy atom. The summed E-state index contributed by atoms with van der Waals surface area (Å²) in [6.45, 7) is 0. The highest BCUT2D eigenvalue weighted by Gasteiger charge is 1.72. The molecule has 0 unspecified atom stereocenters. The van der Waals surface area contributed by atoms with Crippen LogP contribution in [0.4, 0.5) is 0 Å². The lowest BCUT2D eigenvalue weighted by Gasteiger charge is -1.75. The van der Waals surface area contributed by atoms with Crippen LogP contribution in [0.5, 0.6) is 0 Å². The van der Waals surface area contributed by atoms with E-state index in [4.69, 9.17) is 0 Å². The maximum absolute atomic E-state index is 4.52. The normalized spacial score (nSPS) is 7.60. The molecule has 0 nitrogen and oxygen atoms in total. The van der Waals surface area contributed by atoms with Crippen LogP contribution in [0, 0.1) is 0 Å². The number of thiol groups is 1. The van der Waals surface area contributed by atoms with Crippen LogP contribution in [0.2, 0.25) is 0 Å². The van der Waals surface area contributed by atoms with E-state index < -0.39 is 0 Å². The summed E-state index contributed by atoms with van der Waals surface area (Å²) in [5, 5.41) is 0. The number of hydrogen-bond acceptors (Lipinski definition) is 2. The molecule has 0 aliphatic rings. The molecule has 0 N–H and O–H groups in total. The fourth-order valence-electron chi connectivity index (χ4n) is 0. The summed E-state index contributed by atoms with van der Waals surface area (Å²) < 4.78 is 0.699. The standard InChI is InChI=1S/C2H4S3/c1-5-2(3)4/h1H3,(H,3,4). The highest BCUT2D eigenvalue weighted by atomic mass is 32.2. The molecule has 0 aromatic carbocycles. The molecule has 5 heavy (non-hydrogen) atoms. The summed E-state index contributed by atoms with van der Waals surface area (Å²) in [5.74, 6) is 0. The van der Waals surface area contributed by atoms with Gasteiger partial charge in [0, 0.05) is 0 Å². The van der Waals surface area contributed by atoms with Gasteiger partial charge in [0.05, 0.1) is 0 Å². The van der Waals surface area contributed by atoms with Crippen LogP contribution in [0.3, 0.4) is 0 Å². The average molecular weight is 124 g/mol. The van der Waals surface area contributed by atoms with Gasteiger partial charge in [-0.3, -0.25) is 0 Å². The van der Waals surface area contributed by atoms with E-state index in [1.807, 2.05) is 6.26 Å². The van der Waals surface area contributed by atoms with Crippen molar-refractivity contribution in [1.82, 2.24) is 0 Å². The molecule has 0 aromatic heterocycles. The van der Waals surface area contributed by atoms with Gasteiger partial charge in [0.15, 0.2) is 0 Å². The number of thiocarbonyl (C=S) groups is 1. The molecule has 0 heterocycles. The second kappa shape index (κ2) is 3.00. The molecule has 0 fully saturated rings. The molecular formula is C2H4S3. The van der Waals surface area contributed by atoms with E-state index in [1.165, 1.54) is 11.8 Å². The maximum atomic E-state index is 4.52. The lowest BCUT2D eigenvalue weighted by Crippen LogP contribution is -1.60. The highest BCUT2D eigenvalue weighted by Crippen LogP contribution is 1.99. The van der Waals surface area contributed by atoms with E-state index in [1.54, 1.807) is 0 Å². The molecular weight excluding hydrogens is 120 g/mol. The van der Waals surface area contributed by atoms with E-state index in [-0.39, 0.29) is 0 Å². The molecule has 3 heteroatoms. The Kier molecular flexibility index (Phi) is 3.47. The Labute approximate surface area is 46.7 Å². The van der Waals surface area contributed by atoms with Gasteiger partial charge in [-0.15, -0.1) is 24.4 Å². The predicted molar refractivity (Wildman–Crippen MR) is 35.1 cm³/mol. The Bertz CT molecular complexity index is 40.2. The Balaban J connectivity index is 2.85. The van der Waals surface area contributed by atoms with Gasteiger partial charge in [-0.1, -0.05) is 12.2 Å². The molecule has 0 aliphatic heterocycles. The van der Waals surface area contributed by atoms with Crippen molar-refractivity contribution >= 4 is 40.1 Å². The zero-order valence-electron chi connectivity index (χ0n) is 2.76. The first kappa shape index (κ1) is 5.79. The van der Waals surface area contributed by atoms with Gasteiger partial charge < -0.3 is 0 Å². The summed E-state index contributed by atoms with van der Waals surface area (Å²) in [6.07, 6.45) is 1.90. The van der Waals surface area contributed by atoms with Crippen LogP contribution in [0.1, 0.15) is 0 Å². The van der Waals surface area contributed by atoms with Crippen LogP contribution < -0.4 is 0 Å². The van der Waals surface area contributed by atoms with Gasteiger partial charge in [-0.2, -0.15) is 0 Å². The topological polar surface area (TPSA) is 0 Å². The third kappa shape index (κ3) is 4.79. The third-order valence-electron chi connectivity index (χ3n) is 0.175. The predicted octanol–water partition coefficient (Wildman–Crippen LogP) is 1.56. The second-order valence-electron chi connectivity index (χ2n) is 0.470. The van der Waals surface area contributed by atoms with Crippen molar-refractivity contribution in [3.05, 3.63) is 0 Å². The zero-order chi connectivity index (χ0) is 4.28. The SMILES string of the molecule is CSC(=S)S. The molecule has 30 valence electrons. The molecule has 0 rings (SSSR count). The second-order valence-corrected chi connectivity index (χ2v) is 3.01. The van der Waals surface area contributed by atoms with Crippen molar-refractivity contribution in [2.75, 3.05) is 6.26 Å². The lowest BCUT2D eigenvalue weighted by atomic mass is 11.9. The monoisotopic (exact) mass is 124 g/mol. The van der Waals surface area contributed by atoms with Crippen molar-refractivity contribution in [3.8, 4) is 0 Å². The largest absolute Gasteiger partial charge is 0.125 e. The van der Waals surface area contributed by atoms with Gasteiger partial charge in [-0.05, 0) is 6.26 Å². The van der Waals surface area contributed by atoms with Crippen molar-refractivity contribution in [2.45, 2.75) is 0 Å². The van der Waals surface area contributed by atoms with Crippen LogP contribution in [-0.4, -0.2) is 9.78 Å². The van der Waals surface area contributed by atoms with Gasteiger partial charge in [0.1, 0.15) is 3.53 Å². The van der Waals surface area contributed by atoms with E-state index in [0.29, 0.717) is 3.53 Å².